The summed E-state index contributed by atoms with van der Waals surface area (Å²) in [7, 11) is 1.40. The van der Waals surface area contributed by atoms with E-state index in [4.69, 9.17) is 4.74 Å². The summed E-state index contributed by atoms with van der Waals surface area (Å²) in [6, 6.07) is 9.89. The van der Waals surface area contributed by atoms with Crippen molar-refractivity contribution in [3.8, 4) is 23.0 Å². The van der Waals surface area contributed by atoms with E-state index in [1.807, 2.05) is 12.1 Å². The van der Waals surface area contributed by atoms with Crippen LogP contribution in [0, 0.1) is 0 Å². The second-order valence-corrected chi connectivity index (χ2v) is 6.45. The molecule has 0 amide bonds. The van der Waals surface area contributed by atoms with Gasteiger partial charge in [0.25, 0.3) is 0 Å². The molecule has 0 heterocycles. The zero-order valence-electron chi connectivity index (χ0n) is 14.8. The van der Waals surface area contributed by atoms with Gasteiger partial charge >= 0.3 is 0 Å². The summed E-state index contributed by atoms with van der Waals surface area (Å²) < 4.78 is 4.99. The van der Waals surface area contributed by atoms with Crippen molar-refractivity contribution in [2.45, 2.75) is 44.3 Å². The van der Waals surface area contributed by atoms with Gasteiger partial charge in [0.05, 0.1) is 19.3 Å². The zero-order valence-corrected chi connectivity index (χ0v) is 14.8. The molecule has 0 aliphatic heterocycles. The second-order valence-electron chi connectivity index (χ2n) is 6.45. The van der Waals surface area contributed by atoms with Crippen LogP contribution in [0.4, 0.5) is 0 Å². The Kier molecular flexibility index (Phi) is 7.12. The van der Waals surface area contributed by atoms with Crippen molar-refractivity contribution >= 4 is 0 Å². The van der Waals surface area contributed by atoms with Crippen molar-refractivity contribution in [1.29, 1.82) is 0 Å². The summed E-state index contributed by atoms with van der Waals surface area (Å²) in [5.74, 6) is -0.172. The Hall–Kier alpha value is -2.44. The predicted octanol–water partition coefficient (Wildman–Crippen LogP) is 2.49. The van der Waals surface area contributed by atoms with Crippen molar-refractivity contribution in [3.63, 3.8) is 0 Å². The first-order valence-electron chi connectivity index (χ1n) is 8.62. The van der Waals surface area contributed by atoms with E-state index in [0.717, 1.165) is 11.1 Å². The monoisotopic (exact) mass is 362 g/mol. The summed E-state index contributed by atoms with van der Waals surface area (Å²) in [6.07, 6.45) is 1.06. The zero-order chi connectivity index (χ0) is 19.1. The number of aromatic hydroxyl groups is 3. The van der Waals surface area contributed by atoms with Gasteiger partial charge in [-0.1, -0.05) is 12.1 Å². The molecule has 2 aromatic rings. The molecule has 142 valence electrons. The Labute approximate surface area is 152 Å². The van der Waals surface area contributed by atoms with E-state index < -0.39 is 12.2 Å². The maximum Gasteiger partial charge on any atom is 0.200 e. The highest BCUT2D eigenvalue weighted by molar-refractivity contribution is 5.51. The summed E-state index contributed by atoms with van der Waals surface area (Å²) in [5, 5.41) is 48.8. The number of methoxy groups -OCH3 is 1. The molecule has 5 N–H and O–H groups in total. The fraction of sp³-hybridized carbons (Fsp3) is 0.400. The van der Waals surface area contributed by atoms with E-state index in [9.17, 15) is 25.5 Å². The largest absolute Gasteiger partial charge is 0.508 e. The lowest BCUT2D eigenvalue weighted by atomic mass is 9.99. The lowest BCUT2D eigenvalue weighted by molar-refractivity contribution is 0.0714. The Balaban J connectivity index is 1.78. The number of aliphatic hydroxyl groups excluding tert-OH is 2. The van der Waals surface area contributed by atoms with Crippen LogP contribution in [-0.4, -0.2) is 44.9 Å². The van der Waals surface area contributed by atoms with Crippen LogP contribution in [0.1, 0.15) is 30.4 Å². The molecule has 0 aliphatic carbocycles. The van der Waals surface area contributed by atoms with Crippen molar-refractivity contribution in [2.75, 3.05) is 7.11 Å². The predicted molar refractivity (Wildman–Crippen MR) is 97.7 cm³/mol. The van der Waals surface area contributed by atoms with E-state index in [-0.39, 0.29) is 29.4 Å². The van der Waals surface area contributed by atoms with Gasteiger partial charge in [0.15, 0.2) is 11.5 Å². The first-order chi connectivity index (χ1) is 12.4. The van der Waals surface area contributed by atoms with Crippen molar-refractivity contribution in [2.24, 2.45) is 0 Å². The SMILES string of the molecule is COc1cc(CC[C@H](O)C[C@H](O)CCc2ccc(O)cc2)cc(O)c1O. The molecular weight excluding hydrogens is 336 g/mol. The Morgan fingerprint density at radius 3 is 2.00 bits per heavy atom. The highest BCUT2D eigenvalue weighted by Crippen LogP contribution is 2.36. The maximum atomic E-state index is 10.1. The van der Waals surface area contributed by atoms with E-state index in [1.54, 1.807) is 18.2 Å². The topological polar surface area (TPSA) is 110 Å². The highest BCUT2D eigenvalue weighted by Gasteiger charge is 2.14. The molecule has 26 heavy (non-hydrogen) atoms. The molecule has 0 saturated heterocycles. The molecular formula is C20H26O6. The Bertz CT molecular complexity index is 698. The van der Waals surface area contributed by atoms with E-state index in [1.165, 1.54) is 13.2 Å². The number of hydrogen-bond acceptors (Lipinski definition) is 6. The fourth-order valence-corrected chi connectivity index (χ4v) is 2.83. The molecule has 0 aliphatic rings. The third-order valence-electron chi connectivity index (χ3n) is 4.35. The van der Waals surface area contributed by atoms with Crippen molar-refractivity contribution in [1.82, 2.24) is 0 Å². The minimum atomic E-state index is -0.674. The van der Waals surface area contributed by atoms with E-state index in [0.29, 0.717) is 25.7 Å². The van der Waals surface area contributed by atoms with Gasteiger partial charge in [-0.15, -0.1) is 0 Å². The number of benzene rings is 2. The molecule has 0 radical (unpaired) electrons. The fourth-order valence-electron chi connectivity index (χ4n) is 2.83. The van der Waals surface area contributed by atoms with Crippen LogP contribution in [0.15, 0.2) is 36.4 Å². The normalized spacial score (nSPS) is 13.3. The number of hydrogen-bond donors (Lipinski definition) is 5. The van der Waals surface area contributed by atoms with E-state index >= 15 is 0 Å². The first kappa shape index (κ1) is 19.9. The van der Waals surface area contributed by atoms with Gasteiger partial charge in [-0.3, -0.25) is 0 Å². The lowest BCUT2D eigenvalue weighted by Crippen LogP contribution is -2.19. The molecule has 0 saturated carbocycles. The molecule has 6 heteroatoms. The molecule has 2 atom stereocenters. The summed E-state index contributed by atoms with van der Waals surface area (Å²) in [6.45, 7) is 0. The van der Waals surface area contributed by atoms with Gasteiger partial charge < -0.3 is 30.3 Å². The van der Waals surface area contributed by atoms with Gasteiger partial charge in [0, 0.05) is 0 Å². The molecule has 0 unspecified atom stereocenters. The average Bonchev–Trinajstić information content (AvgIpc) is 2.62. The van der Waals surface area contributed by atoms with Gasteiger partial charge in [0.1, 0.15) is 5.75 Å². The third kappa shape index (κ3) is 5.82. The molecule has 0 spiro atoms. The number of ether oxygens (including phenoxy) is 1. The van der Waals surface area contributed by atoms with Gasteiger partial charge in [-0.25, -0.2) is 0 Å². The van der Waals surface area contributed by atoms with Crippen molar-refractivity contribution < 1.29 is 30.3 Å². The van der Waals surface area contributed by atoms with Crippen LogP contribution in [0.3, 0.4) is 0 Å². The van der Waals surface area contributed by atoms with Crippen LogP contribution < -0.4 is 4.74 Å². The molecule has 0 fully saturated rings. The standard InChI is InChI=1S/C20H26O6/c1-26-19-11-14(10-18(24)20(19)25)5-9-17(23)12-16(22)8-4-13-2-6-15(21)7-3-13/h2-3,6-7,10-11,16-17,21-25H,4-5,8-9,12H2,1H3/t16-,17+/m1/s1. The van der Waals surface area contributed by atoms with Crippen LogP contribution >= 0.6 is 0 Å². The average molecular weight is 362 g/mol. The minimum Gasteiger partial charge on any atom is -0.508 e. The number of aryl methyl sites for hydroxylation is 2. The Morgan fingerprint density at radius 1 is 0.846 bits per heavy atom. The smallest absolute Gasteiger partial charge is 0.200 e. The Morgan fingerprint density at radius 2 is 1.42 bits per heavy atom. The lowest BCUT2D eigenvalue weighted by Gasteiger charge is -2.16. The highest BCUT2D eigenvalue weighted by atomic mass is 16.5. The van der Waals surface area contributed by atoms with Crippen LogP contribution in [-0.2, 0) is 12.8 Å². The van der Waals surface area contributed by atoms with Gasteiger partial charge in [-0.2, -0.15) is 0 Å². The third-order valence-corrected chi connectivity index (χ3v) is 4.35. The summed E-state index contributed by atoms with van der Waals surface area (Å²) in [5.41, 5.74) is 1.75. The van der Waals surface area contributed by atoms with Crippen LogP contribution in [0.25, 0.3) is 0 Å². The number of phenols is 3. The quantitative estimate of drug-likeness (QED) is 0.438. The molecule has 2 rings (SSSR count). The molecule has 6 nitrogen and oxygen atoms in total. The van der Waals surface area contributed by atoms with Gasteiger partial charge in [0.2, 0.25) is 5.75 Å². The number of aliphatic hydroxyl groups is 2. The van der Waals surface area contributed by atoms with Crippen LogP contribution in [0.5, 0.6) is 23.0 Å². The number of phenolic OH excluding ortho intramolecular Hbond substituents is 3. The first-order valence-corrected chi connectivity index (χ1v) is 8.62. The second kappa shape index (κ2) is 9.31. The summed E-state index contributed by atoms with van der Waals surface area (Å²) >= 11 is 0. The number of rotatable bonds is 9. The van der Waals surface area contributed by atoms with Crippen LogP contribution in [0.2, 0.25) is 0 Å². The molecule has 2 aromatic carbocycles. The van der Waals surface area contributed by atoms with Gasteiger partial charge in [-0.05, 0) is 67.5 Å². The summed E-state index contributed by atoms with van der Waals surface area (Å²) in [4.78, 5) is 0. The molecule has 0 aromatic heterocycles. The maximum absolute atomic E-state index is 10.1. The van der Waals surface area contributed by atoms with Crippen molar-refractivity contribution in [3.05, 3.63) is 47.5 Å². The minimum absolute atomic E-state index is 0.184. The molecule has 0 bridgehead atoms. The van der Waals surface area contributed by atoms with E-state index in [2.05, 4.69) is 0 Å².